The number of hydrogen-bond acceptors (Lipinski definition) is 4. The summed E-state index contributed by atoms with van der Waals surface area (Å²) in [4.78, 5) is 0.133. The molecule has 0 aliphatic heterocycles. The minimum absolute atomic E-state index is 0.133. The molecular weight excluding hydrogens is 312 g/mol. The summed E-state index contributed by atoms with van der Waals surface area (Å²) in [6, 6.07) is 6.46. The number of sulfonamides is 1. The van der Waals surface area contributed by atoms with Crippen LogP contribution >= 0.6 is 11.6 Å². The number of halogens is 1. The summed E-state index contributed by atoms with van der Waals surface area (Å²) in [7, 11) is -3.63. The van der Waals surface area contributed by atoms with Crippen LogP contribution in [-0.4, -0.2) is 31.3 Å². The molecule has 6 nitrogen and oxygen atoms in total. The van der Waals surface area contributed by atoms with Crippen LogP contribution in [0.1, 0.15) is 6.92 Å². The van der Waals surface area contributed by atoms with Crippen LogP contribution in [0.15, 0.2) is 41.6 Å². The van der Waals surface area contributed by atoms with Crippen molar-refractivity contribution in [3.05, 3.63) is 41.7 Å². The molecule has 8 heteroatoms. The van der Waals surface area contributed by atoms with Crippen molar-refractivity contribution >= 4 is 27.3 Å². The highest BCUT2D eigenvalue weighted by molar-refractivity contribution is 7.92. The molecule has 2 aromatic rings. The first-order valence-electron chi connectivity index (χ1n) is 6.53. The molecule has 0 amide bonds. The zero-order chi connectivity index (χ0) is 15.3. The van der Waals surface area contributed by atoms with Gasteiger partial charge in [-0.2, -0.15) is 5.10 Å². The predicted molar refractivity (Wildman–Crippen MR) is 83.0 cm³/mol. The average Bonchev–Trinajstić information content (AvgIpc) is 2.91. The normalized spacial score (nSPS) is 11.5. The van der Waals surface area contributed by atoms with Gasteiger partial charge in [-0.1, -0.05) is 18.5 Å². The summed E-state index contributed by atoms with van der Waals surface area (Å²) >= 11 is 5.77. The van der Waals surface area contributed by atoms with Crippen LogP contribution in [-0.2, 0) is 16.6 Å². The van der Waals surface area contributed by atoms with E-state index in [9.17, 15) is 8.42 Å². The number of rotatable bonds is 7. The maximum atomic E-state index is 12.2. The molecule has 0 aliphatic rings. The minimum atomic E-state index is -3.63. The Kier molecular flexibility index (Phi) is 5.22. The van der Waals surface area contributed by atoms with Crippen molar-refractivity contribution in [2.75, 3.05) is 17.8 Å². The second-order valence-corrected chi connectivity index (χ2v) is 6.52. The Hall–Kier alpha value is -1.57. The van der Waals surface area contributed by atoms with Gasteiger partial charge in [0.15, 0.2) is 0 Å². The number of hydrogen-bond donors (Lipinski definition) is 2. The van der Waals surface area contributed by atoms with Crippen molar-refractivity contribution in [3.8, 4) is 0 Å². The van der Waals surface area contributed by atoms with Gasteiger partial charge in [0.25, 0.3) is 10.0 Å². The average molecular weight is 329 g/mol. The fraction of sp³-hybridized carbons (Fsp3) is 0.308. The van der Waals surface area contributed by atoms with Crippen LogP contribution in [0.2, 0.25) is 5.02 Å². The smallest absolute Gasteiger partial charge is 0.265 e. The van der Waals surface area contributed by atoms with E-state index in [0.717, 1.165) is 13.1 Å². The summed E-state index contributed by atoms with van der Waals surface area (Å²) in [6.45, 7) is 4.23. The van der Waals surface area contributed by atoms with Crippen molar-refractivity contribution in [1.82, 2.24) is 15.1 Å². The van der Waals surface area contributed by atoms with Gasteiger partial charge in [0, 0.05) is 23.5 Å². The lowest BCUT2D eigenvalue weighted by molar-refractivity contribution is 0.564. The number of benzene rings is 1. The second kappa shape index (κ2) is 6.93. The van der Waals surface area contributed by atoms with E-state index in [1.165, 1.54) is 12.4 Å². The molecule has 0 aliphatic carbocycles. The largest absolute Gasteiger partial charge is 0.315 e. The van der Waals surface area contributed by atoms with E-state index in [1.807, 2.05) is 6.92 Å². The molecular formula is C13H17ClN4O2S. The number of likely N-dealkylation sites (N-methyl/N-ethyl adjacent to an activating group) is 1. The van der Waals surface area contributed by atoms with Gasteiger partial charge in [0.2, 0.25) is 0 Å². The molecule has 2 rings (SSSR count). The van der Waals surface area contributed by atoms with Crippen LogP contribution in [0.4, 0.5) is 5.69 Å². The topological polar surface area (TPSA) is 76.0 Å². The Labute approximate surface area is 129 Å². The molecule has 1 aromatic carbocycles. The highest BCUT2D eigenvalue weighted by Crippen LogP contribution is 2.17. The second-order valence-electron chi connectivity index (χ2n) is 4.41. The molecule has 0 saturated heterocycles. The molecule has 1 aromatic heterocycles. The third-order valence-corrected chi connectivity index (χ3v) is 4.37. The summed E-state index contributed by atoms with van der Waals surface area (Å²) < 4.78 is 28.5. The van der Waals surface area contributed by atoms with Gasteiger partial charge in [-0.15, -0.1) is 0 Å². The quantitative estimate of drug-likeness (QED) is 0.762. The van der Waals surface area contributed by atoms with E-state index in [1.54, 1.807) is 28.9 Å². The SMILES string of the molecule is CCNCCn1cc(S(=O)(=O)Nc2ccc(Cl)cc2)cn1. The highest BCUT2D eigenvalue weighted by atomic mass is 35.5. The Morgan fingerprint density at radius 3 is 2.67 bits per heavy atom. The monoisotopic (exact) mass is 328 g/mol. The van der Waals surface area contributed by atoms with Crippen LogP contribution < -0.4 is 10.0 Å². The third kappa shape index (κ3) is 4.45. The number of aromatic nitrogens is 2. The molecule has 2 N–H and O–H groups in total. The van der Waals surface area contributed by atoms with Gasteiger partial charge >= 0.3 is 0 Å². The fourth-order valence-electron chi connectivity index (χ4n) is 1.71. The van der Waals surface area contributed by atoms with Crippen molar-refractivity contribution in [3.63, 3.8) is 0 Å². The van der Waals surface area contributed by atoms with Crippen molar-refractivity contribution in [2.24, 2.45) is 0 Å². The molecule has 0 bridgehead atoms. The van der Waals surface area contributed by atoms with Gasteiger partial charge in [0.1, 0.15) is 4.90 Å². The molecule has 21 heavy (non-hydrogen) atoms. The number of nitrogens with zero attached hydrogens (tertiary/aromatic N) is 2. The first kappa shape index (κ1) is 15.8. The van der Waals surface area contributed by atoms with E-state index in [0.29, 0.717) is 17.3 Å². The van der Waals surface area contributed by atoms with Crippen molar-refractivity contribution < 1.29 is 8.42 Å². The van der Waals surface area contributed by atoms with Gasteiger partial charge in [-0.3, -0.25) is 9.40 Å². The van der Waals surface area contributed by atoms with E-state index < -0.39 is 10.0 Å². The van der Waals surface area contributed by atoms with E-state index in [2.05, 4.69) is 15.1 Å². The zero-order valence-electron chi connectivity index (χ0n) is 11.6. The molecule has 0 atom stereocenters. The predicted octanol–water partition coefficient (Wildman–Crippen LogP) is 1.95. The van der Waals surface area contributed by atoms with Gasteiger partial charge < -0.3 is 5.32 Å². The van der Waals surface area contributed by atoms with Crippen LogP contribution in [0.3, 0.4) is 0 Å². The first-order valence-corrected chi connectivity index (χ1v) is 8.39. The molecule has 0 spiro atoms. The lowest BCUT2D eigenvalue weighted by Gasteiger charge is -2.06. The van der Waals surface area contributed by atoms with E-state index in [4.69, 9.17) is 11.6 Å². The lowest BCUT2D eigenvalue weighted by Crippen LogP contribution is -2.19. The highest BCUT2D eigenvalue weighted by Gasteiger charge is 2.16. The van der Waals surface area contributed by atoms with Crippen LogP contribution in [0, 0.1) is 0 Å². The Morgan fingerprint density at radius 2 is 2.00 bits per heavy atom. The Balaban J connectivity index is 2.07. The molecule has 114 valence electrons. The van der Waals surface area contributed by atoms with E-state index in [-0.39, 0.29) is 4.90 Å². The minimum Gasteiger partial charge on any atom is -0.315 e. The van der Waals surface area contributed by atoms with Gasteiger partial charge in [0.05, 0.1) is 12.7 Å². The number of anilines is 1. The summed E-state index contributed by atoms with van der Waals surface area (Å²) in [5, 5.41) is 7.75. The van der Waals surface area contributed by atoms with Gasteiger partial charge in [-0.25, -0.2) is 8.42 Å². The van der Waals surface area contributed by atoms with Gasteiger partial charge in [-0.05, 0) is 30.8 Å². The van der Waals surface area contributed by atoms with Crippen molar-refractivity contribution in [2.45, 2.75) is 18.4 Å². The first-order chi connectivity index (χ1) is 10.0. The molecule has 0 radical (unpaired) electrons. The number of nitrogens with one attached hydrogen (secondary N) is 2. The molecule has 1 heterocycles. The Morgan fingerprint density at radius 1 is 1.29 bits per heavy atom. The fourth-order valence-corrected chi connectivity index (χ4v) is 2.84. The summed E-state index contributed by atoms with van der Waals surface area (Å²) in [6.07, 6.45) is 2.85. The standard InChI is InChI=1S/C13H17ClN4O2S/c1-2-15-7-8-18-10-13(9-16-18)21(19,20)17-12-5-3-11(14)4-6-12/h3-6,9-10,15,17H,2,7-8H2,1H3. The lowest BCUT2D eigenvalue weighted by atomic mass is 10.3. The van der Waals surface area contributed by atoms with Crippen LogP contribution in [0.5, 0.6) is 0 Å². The third-order valence-electron chi connectivity index (χ3n) is 2.78. The Bertz CT molecular complexity index is 682. The van der Waals surface area contributed by atoms with Crippen molar-refractivity contribution in [1.29, 1.82) is 0 Å². The van der Waals surface area contributed by atoms with E-state index >= 15 is 0 Å². The van der Waals surface area contributed by atoms with Crippen LogP contribution in [0.25, 0.3) is 0 Å². The zero-order valence-corrected chi connectivity index (χ0v) is 13.2. The molecule has 0 fully saturated rings. The summed E-state index contributed by atoms with van der Waals surface area (Å²) in [5.41, 5.74) is 0.458. The molecule has 0 unspecified atom stereocenters. The maximum absolute atomic E-state index is 12.2. The molecule has 0 saturated carbocycles. The summed E-state index contributed by atoms with van der Waals surface area (Å²) in [5.74, 6) is 0. The maximum Gasteiger partial charge on any atom is 0.265 e.